The number of aromatic nitrogens is 1. The van der Waals surface area contributed by atoms with Crippen molar-refractivity contribution in [1.29, 1.82) is 0 Å². The average molecular weight is 314 g/mol. The van der Waals surface area contributed by atoms with Crippen LogP contribution < -0.4 is 15.0 Å². The number of pyridine rings is 1. The zero-order valence-electron chi connectivity index (χ0n) is 12.4. The number of hydrogen-bond acceptors (Lipinski definition) is 4. The molecular formula is C16H18N4OS. The molecule has 0 unspecified atom stereocenters. The van der Waals surface area contributed by atoms with Crippen molar-refractivity contribution in [3.05, 3.63) is 54.4 Å². The minimum Gasteiger partial charge on any atom is -0.497 e. The lowest BCUT2D eigenvalue weighted by atomic mass is 10.2. The summed E-state index contributed by atoms with van der Waals surface area (Å²) in [5.41, 5.74) is 2.20. The van der Waals surface area contributed by atoms with E-state index in [1.165, 1.54) is 5.56 Å². The Kier molecular flexibility index (Phi) is 4.50. The molecule has 5 nitrogen and oxygen atoms in total. The van der Waals surface area contributed by atoms with Gasteiger partial charge in [-0.2, -0.15) is 0 Å². The fourth-order valence-corrected chi connectivity index (χ4v) is 2.65. The van der Waals surface area contributed by atoms with Gasteiger partial charge in [0.15, 0.2) is 5.11 Å². The number of benzene rings is 1. The van der Waals surface area contributed by atoms with Crippen LogP contribution in [0.2, 0.25) is 0 Å². The van der Waals surface area contributed by atoms with Gasteiger partial charge in [0.1, 0.15) is 5.75 Å². The maximum atomic E-state index is 5.44. The summed E-state index contributed by atoms with van der Waals surface area (Å²) in [6, 6.07) is 12.0. The van der Waals surface area contributed by atoms with Gasteiger partial charge >= 0.3 is 0 Å². The van der Waals surface area contributed by atoms with E-state index in [1.807, 2.05) is 36.5 Å². The van der Waals surface area contributed by atoms with Gasteiger partial charge in [0.05, 0.1) is 20.4 Å². The molecule has 1 saturated heterocycles. The third kappa shape index (κ3) is 3.35. The topological polar surface area (TPSA) is 40.6 Å². The first kappa shape index (κ1) is 14.7. The lowest BCUT2D eigenvalue weighted by molar-refractivity contribution is 0.252. The predicted molar refractivity (Wildman–Crippen MR) is 90.7 cm³/mol. The molecule has 1 N–H and O–H groups in total. The first-order chi connectivity index (χ1) is 10.8. The van der Waals surface area contributed by atoms with Gasteiger partial charge in [-0.05, 0) is 36.0 Å². The Hall–Kier alpha value is -2.18. The highest BCUT2D eigenvalue weighted by molar-refractivity contribution is 7.80. The SMILES string of the molecule is COc1cccc(N2CN(Cc3cccnc3)CNC2=S)c1. The highest BCUT2D eigenvalue weighted by Crippen LogP contribution is 2.23. The molecule has 3 rings (SSSR count). The van der Waals surface area contributed by atoms with E-state index in [0.717, 1.165) is 36.4 Å². The molecule has 0 atom stereocenters. The van der Waals surface area contributed by atoms with Gasteiger partial charge in [-0.15, -0.1) is 0 Å². The minimum atomic E-state index is 0.730. The van der Waals surface area contributed by atoms with Gasteiger partial charge in [-0.3, -0.25) is 9.88 Å². The molecule has 2 heterocycles. The zero-order valence-corrected chi connectivity index (χ0v) is 13.2. The lowest BCUT2D eigenvalue weighted by Gasteiger charge is -2.38. The van der Waals surface area contributed by atoms with Crippen LogP contribution in [0.1, 0.15) is 5.56 Å². The normalized spacial score (nSPS) is 15.5. The van der Waals surface area contributed by atoms with E-state index in [9.17, 15) is 0 Å². The Bertz CT molecular complexity index is 650. The highest BCUT2D eigenvalue weighted by atomic mass is 32.1. The average Bonchev–Trinajstić information content (AvgIpc) is 2.57. The van der Waals surface area contributed by atoms with Gasteiger partial charge in [0, 0.05) is 30.7 Å². The van der Waals surface area contributed by atoms with Crippen LogP contribution in [-0.2, 0) is 6.54 Å². The lowest BCUT2D eigenvalue weighted by Crippen LogP contribution is -2.55. The smallest absolute Gasteiger partial charge is 0.175 e. The second-order valence-corrected chi connectivity index (χ2v) is 5.49. The van der Waals surface area contributed by atoms with Crippen molar-refractivity contribution in [2.45, 2.75) is 6.54 Å². The summed E-state index contributed by atoms with van der Waals surface area (Å²) in [6.07, 6.45) is 3.68. The monoisotopic (exact) mass is 314 g/mol. The molecule has 1 aromatic carbocycles. The number of rotatable bonds is 4. The molecule has 2 aromatic rings. The molecule has 114 valence electrons. The molecule has 0 spiro atoms. The van der Waals surface area contributed by atoms with Gasteiger partial charge in [0.25, 0.3) is 0 Å². The quantitative estimate of drug-likeness (QED) is 0.873. The Labute approximate surface area is 135 Å². The van der Waals surface area contributed by atoms with Crippen LogP contribution in [0.15, 0.2) is 48.8 Å². The Balaban J connectivity index is 1.74. The van der Waals surface area contributed by atoms with Crippen LogP contribution in [0, 0.1) is 0 Å². The second-order valence-electron chi connectivity index (χ2n) is 5.10. The molecular weight excluding hydrogens is 296 g/mol. The van der Waals surface area contributed by atoms with E-state index >= 15 is 0 Å². The molecule has 1 fully saturated rings. The largest absolute Gasteiger partial charge is 0.497 e. The van der Waals surface area contributed by atoms with Crippen molar-refractivity contribution in [3.63, 3.8) is 0 Å². The summed E-state index contributed by atoms with van der Waals surface area (Å²) < 4.78 is 5.29. The standard InChI is InChI=1S/C16H18N4OS/c1-21-15-6-2-5-14(8-15)20-12-19(11-18-16(20)22)10-13-4-3-7-17-9-13/h2-9H,10-12H2,1H3,(H,18,22). The van der Waals surface area contributed by atoms with Gasteiger partial charge in [-0.1, -0.05) is 12.1 Å². The summed E-state index contributed by atoms with van der Waals surface area (Å²) in [4.78, 5) is 8.50. The summed E-state index contributed by atoms with van der Waals surface area (Å²) >= 11 is 5.44. The van der Waals surface area contributed by atoms with Gasteiger partial charge in [0.2, 0.25) is 0 Å². The maximum absolute atomic E-state index is 5.44. The molecule has 1 aliphatic rings. The number of nitrogens with one attached hydrogen (secondary N) is 1. The molecule has 0 bridgehead atoms. The molecule has 0 radical (unpaired) electrons. The molecule has 1 aliphatic heterocycles. The molecule has 6 heteroatoms. The van der Waals surface area contributed by atoms with Crippen molar-refractivity contribution in [1.82, 2.24) is 15.2 Å². The van der Waals surface area contributed by atoms with E-state index in [-0.39, 0.29) is 0 Å². The van der Waals surface area contributed by atoms with Crippen LogP contribution in [-0.4, -0.2) is 35.4 Å². The number of methoxy groups -OCH3 is 1. The van der Waals surface area contributed by atoms with Crippen molar-refractivity contribution >= 4 is 23.0 Å². The highest BCUT2D eigenvalue weighted by Gasteiger charge is 2.22. The Morgan fingerprint density at radius 3 is 3.00 bits per heavy atom. The number of nitrogens with zero attached hydrogens (tertiary/aromatic N) is 3. The molecule has 22 heavy (non-hydrogen) atoms. The van der Waals surface area contributed by atoms with E-state index in [4.69, 9.17) is 17.0 Å². The van der Waals surface area contributed by atoms with Crippen molar-refractivity contribution in [2.24, 2.45) is 0 Å². The third-order valence-corrected chi connectivity index (χ3v) is 3.90. The van der Waals surface area contributed by atoms with Crippen LogP contribution in [0.3, 0.4) is 0 Å². The fraction of sp³-hybridized carbons (Fsp3) is 0.250. The summed E-state index contributed by atoms with van der Waals surface area (Å²) in [5.74, 6) is 0.824. The molecule has 0 amide bonds. The first-order valence-corrected chi connectivity index (χ1v) is 7.48. The van der Waals surface area contributed by atoms with E-state index in [1.54, 1.807) is 13.3 Å². The minimum absolute atomic E-state index is 0.730. The van der Waals surface area contributed by atoms with Crippen molar-refractivity contribution in [3.8, 4) is 5.75 Å². The van der Waals surface area contributed by atoms with E-state index in [0.29, 0.717) is 0 Å². The summed E-state index contributed by atoms with van der Waals surface area (Å²) in [7, 11) is 1.67. The number of ether oxygens (including phenoxy) is 1. The van der Waals surface area contributed by atoms with Gasteiger partial charge < -0.3 is 15.0 Å². The summed E-state index contributed by atoms with van der Waals surface area (Å²) in [6.45, 7) is 2.28. The van der Waals surface area contributed by atoms with Crippen molar-refractivity contribution < 1.29 is 4.74 Å². The van der Waals surface area contributed by atoms with Crippen LogP contribution in [0.4, 0.5) is 5.69 Å². The van der Waals surface area contributed by atoms with Crippen LogP contribution in [0.25, 0.3) is 0 Å². The first-order valence-electron chi connectivity index (χ1n) is 7.07. The fourth-order valence-electron chi connectivity index (χ4n) is 2.42. The van der Waals surface area contributed by atoms with Crippen molar-refractivity contribution in [2.75, 3.05) is 25.3 Å². The number of hydrogen-bond donors (Lipinski definition) is 1. The summed E-state index contributed by atoms with van der Waals surface area (Å²) in [5, 5.41) is 3.99. The number of thiocarbonyl (C=S) groups is 1. The number of anilines is 1. The van der Waals surface area contributed by atoms with Gasteiger partial charge in [-0.25, -0.2) is 0 Å². The molecule has 0 saturated carbocycles. The zero-order chi connectivity index (χ0) is 15.4. The third-order valence-electron chi connectivity index (χ3n) is 3.53. The Morgan fingerprint density at radius 2 is 2.23 bits per heavy atom. The van der Waals surface area contributed by atoms with Crippen LogP contribution in [0.5, 0.6) is 5.75 Å². The van der Waals surface area contributed by atoms with Crippen LogP contribution >= 0.6 is 12.2 Å². The molecule has 1 aromatic heterocycles. The Morgan fingerprint density at radius 1 is 1.32 bits per heavy atom. The predicted octanol–water partition coefficient (Wildman–Crippen LogP) is 2.20. The molecule has 0 aliphatic carbocycles. The second kappa shape index (κ2) is 6.72. The maximum Gasteiger partial charge on any atom is 0.175 e. The van der Waals surface area contributed by atoms with E-state index < -0.39 is 0 Å². The van der Waals surface area contributed by atoms with E-state index in [2.05, 4.69) is 26.2 Å².